The van der Waals surface area contributed by atoms with Gasteiger partial charge in [-0.15, -0.1) is 0 Å². The minimum absolute atomic E-state index is 0.533. The summed E-state index contributed by atoms with van der Waals surface area (Å²) in [5.74, 6) is 1.69. The number of pyridine rings is 1. The molecule has 3 rings (SSSR count). The van der Waals surface area contributed by atoms with Crippen LogP contribution in [0.15, 0.2) is 12.1 Å². The predicted molar refractivity (Wildman–Crippen MR) is 75.0 cm³/mol. The first-order valence-electron chi connectivity index (χ1n) is 7.19. The van der Waals surface area contributed by atoms with E-state index in [0.29, 0.717) is 12.0 Å². The highest BCUT2D eigenvalue weighted by atomic mass is 15.2. The minimum atomic E-state index is 0.533. The van der Waals surface area contributed by atoms with Crippen LogP contribution >= 0.6 is 0 Å². The first-order valence-corrected chi connectivity index (χ1v) is 7.19. The number of hydrogen-bond acceptors (Lipinski definition) is 3. The minimum Gasteiger partial charge on any atom is -0.357 e. The molecule has 1 aromatic heterocycles. The third-order valence-electron chi connectivity index (χ3n) is 4.46. The second kappa shape index (κ2) is 4.88. The van der Waals surface area contributed by atoms with Gasteiger partial charge in [-0.3, -0.25) is 0 Å². The molecule has 1 unspecified atom stereocenters. The zero-order valence-corrected chi connectivity index (χ0v) is 11.4. The lowest BCUT2D eigenvalue weighted by Gasteiger charge is -2.28. The van der Waals surface area contributed by atoms with E-state index in [9.17, 15) is 0 Å². The Balaban J connectivity index is 1.86. The van der Waals surface area contributed by atoms with E-state index in [-0.39, 0.29) is 0 Å². The third kappa shape index (κ3) is 2.12. The Hall–Kier alpha value is -1.09. The fourth-order valence-corrected chi connectivity index (χ4v) is 3.26. The number of hydrogen-bond donors (Lipinski definition) is 1. The highest BCUT2D eigenvalue weighted by Gasteiger charge is 2.23. The molecule has 0 saturated heterocycles. The van der Waals surface area contributed by atoms with Crippen LogP contribution in [0, 0.1) is 0 Å². The van der Waals surface area contributed by atoms with E-state index in [1.807, 2.05) is 0 Å². The van der Waals surface area contributed by atoms with Crippen LogP contribution in [0.2, 0.25) is 0 Å². The van der Waals surface area contributed by atoms with Gasteiger partial charge in [0.05, 0.1) is 5.69 Å². The predicted octanol–water partition coefficient (Wildman–Crippen LogP) is 2.67. The van der Waals surface area contributed by atoms with Crippen LogP contribution in [0.25, 0.3) is 0 Å². The Bertz CT molecular complexity index is 424. The molecule has 2 aliphatic rings. The lowest BCUT2D eigenvalue weighted by Crippen LogP contribution is -2.32. The van der Waals surface area contributed by atoms with Crippen LogP contribution in [-0.4, -0.2) is 24.6 Å². The fraction of sp³-hybridized carbons (Fsp3) is 0.667. The second-order valence-corrected chi connectivity index (χ2v) is 5.79. The quantitative estimate of drug-likeness (QED) is 0.868. The monoisotopic (exact) mass is 245 g/mol. The lowest BCUT2D eigenvalue weighted by atomic mass is 9.98. The average Bonchev–Trinajstić information content (AvgIpc) is 2.92. The zero-order valence-electron chi connectivity index (χ0n) is 11.4. The molecule has 2 heterocycles. The number of nitrogens with one attached hydrogen (secondary N) is 1. The summed E-state index contributed by atoms with van der Waals surface area (Å²) in [5.41, 5.74) is 2.67. The van der Waals surface area contributed by atoms with Gasteiger partial charge in [0.1, 0.15) is 5.82 Å². The first-order chi connectivity index (χ1) is 8.75. The Labute approximate surface area is 110 Å². The van der Waals surface area contributed by atoms with Crippen molar-refractivity contribution < 1.29 is 0 Å². The molecule has 1 N–H and O–H groups in total. The van der Waals surface area contributed by atoms with Crippen molar-refractivity contribution in [2.24, 2.45) is 0 Å². The van der Waals surface area contributed by atoms with Crippen LogP contribution < -0.4 is 10.2 Å². The van der Waals surface area contributed by atoms with Crippen LogP contribution in [0.4, 0.5) is 5.82 Å². The fourth-order valence-electron chi connectivity index (χ4n) is 3.26. The summed E-state index contributed by atoms with van der Waals surface area (Å²) in [6.07, 6.45) is 5.40. The summed E-state index contributed by atoms with van der Waals surface area (Å²) in [7, 11) is 2.20. The smallest absolute Gasteiger partial charge is 0.128 e. The van der Waals surface area contributed by atoms with Gasteiger partial charge in [-0.2, -0.15) is 0 Å². The van der Waals surface area contributed by atoms with E-state index in [1.54, 1.807) is 0 Å². The maximum atomic E-state index is 4.92. The SMILES string of the molecule is CC1CNCc2ccc(N(C)C3CCCC3)nc21. The molecule has 1 atom stereocenters. The summed E-state index contributed by atoms with van der Waals surface area (Å²) in [5, 5.41) is 3.44. The van der Waals surface area contributed by atoms with Gasteiger partial charge in [0.25, 0.3) is 0 Å². The zero-order chi connectivity index (χ0) is 12.5. The second-order valence-electron chi connectivity index (χ2n) is 5.79. The molecule has 1 aliphatic heterocycles. The summed E-state index contributed by atoms with van der Waals surface area (Å²) in [4.78, 5) is 7.32. The van der Waals surface area contributed by atoms with Gasteiger partial charge in [0.15, 0.2) is 0 Å². The number of aromatic nitrogens is 1. The lowest BCUT2D eigenvalue weighted by molar-refractivity contribution is 0.554. The molecule has 0 amide bonds. The first kappa shape index (κ1) is 12.0. The summed E-state index contributed by atoms with van der Waals surface area (Å²) >= 11 is 0. The van der Waals surface area contributed by atoms with E-state index >= 15 is 0 Å². The van der Waals surface area contributed by atoms with Gasteiger partial charge >= 0.3 is 0 Å². The Kier molecular flexibility index (Phi) is 3.25. The van der Waals surface area contributed by atoms with Crippen molar-refractivity contribution in [3.8, 4) is 0 Å². The van der Waals surface area contributed by atoms with Gasteiger partial charge in [0.2, 0.25) is 0 Å². The molecule has 0 radical (unpaired) electrons. The summed E-state index contributed by atoms with van der Waals surface area (Å²) in [6.45, 7) is 4.29. The van der Waals surface area contributed by atoms with E-state index in [2.05, 4.69) is 36.3 Å². The van der Waals surface area contributed by atoms with Gasteiger partial charge in [0, 0.05) is 32.1 Å². The molecule has 3 heteroatoms. The largest absolute Gasteiger partial charge is 0.357 e. The molecule has 0 bridgehead atoms. The van der Waals surface area contributed by atoms with Crippen molar-refractivity contribution in [3.05, 3.63) is 23.4 Å². The van der Waals surface area contributed by atoms with Crippen molar-refractivity contribution in [1.82, 2.24) is 10.3 Å². The molecule has 1 aromatic rings. The Morgan fingerprint density at radius 3 is 2.83 bits per heavy atom. The van der Waals surface area contributed by atoms with Gasteiger partial charge in [-0.25, -0.2) is 4.98 Å². The number of anilines is 1. The van der Waals surface area contributed by atoms with Crippen LogP contribution in [0.1, 0.15) is 49.8 Å². The summed E-state index contributed by atoms with van der Waals surface area (Å²) in [6, 6.07) is 5.15. The number of rotatable bonds is 2. The third-order valence-corrected chi connectivity index (χ3v) is 4.46. The maximum absolute atomic E-state index is 4.92. The topological polar surface area (TPSA) is 28.2 Å². The molecular formula is C15H23N3. The molecule has 1 saturated carbocycles. The standard InChI is InChI=1S/C15H23N3/c1-11-9-16-10-12-7-8-14(17-15(11)12)18(2)13-5-3-4-6-13/h7-8,11,13,16H,3-6,9-10H2,1-2H3. The molecular weight excluding hydrogens is 222 g/mol. The van der Waals surface area contributed by atoms with Crippen LogP contribution in [0.3, 0.4) is 0 Å². The summed E-state index contributed by atoms with van der Waals surface area (Å²) < 4.78 is 0. The highest BCUT2D eigenvalue weighted by Crippen LogP contribution is 2.29. The molecule has 0 aromatic carbocycles. The van der Waals surface area contributed by atoms with E-state index < -0.39 is 0 Å². The van der Waals surface area contributed by atoms with Gasteiger partial charge in [-0.05, 0) is 24.5 Å². The van der Waals surface area contributed by atoms with Crippen LogP contribution in [0.5, 0.6) is 0 Å². The van der Waals surface area contributed by atoms with Crippen molar-refractivity contribution >= 4 is 5.82 Å². The van der Waals surface area contributed by atoms with Crippen molar-refractivity contribution in [2.75, 3.05) is 18.5 Å². The van der Waals surface area contributed by atoms with Gasteiger partial charge < -0.3 is 10.2 Å². The van der Waals surface area contributed by atoms with Crippen molar-refractivity contribution in [1.29, 1.82) is 0 Å². The molecule has 98 valence electrons. The average molecular weight is 245 g/mol. The molecule has 3 nitrogen and oxygen atoms in total. The maximum Gasteiger partial charge on any atom is 0.128 e. The van der Waals surface area contributed by atoms with Crippen molar-refractivity contribution in [2.45, 2.75) is 51.1 Å². The highest BCUT2D eigenvalue weighted by molar-refractivity contribution is 5.43. The molecule has 18 heavy (non-hydrogen) atoms. The van der Waals surface area contributed by atoms with E-state index in [0.717, 1.165) is 18.9 Å². The van der Waals surface area contributed by atoms with Crippen molar-refractivity contribution in [3.63, 3.8) is 0 Å². The number of nitrogens with zero attached hydrogens (tertiary/aromatic N) is 2. The normalized spacial score (nSPS) is 24.0. The number of fused-ring (bicyclic) bond motifs is 1. The molecule has 0 spiro atoms. The molecule has 1 fully saturated rings. The Morgan fingerprint density at radius 2 is 2.06 bits per heavy atom. The van der Waals surface area contributed by atoms with Crippen LogP contribution in [-0.2, 0) is 6.54 Å². The Morgan fingerprint density at radius 1 is 1.28 bits per heavy atom. The van der Waals surface area contributed by atoms with E-state index in [1.165, 1.54) is 36.9 Å². The molecule has 1 aliphatic carbocycles. The van der Waals surface area contributed by atoms with E-state index in [4.69, 9.17) is 4.98 Å². The van der Waals surface area contributed by atoms with Gasteiger partial charge in [-0.1, -0.05) is 25.8 Å².